The van der Waals surface area contributed by atoms with Crippen LogP contribution in [-0.2, 0) is 9.53 Å². The first kappa shape index (κ1) is 18.3. The van der Waals surface area contributed by atoms with Gasteiger partial charge >= 0.3 is 5.97 Å². The molecule has 0 aromatic heterocycles. The molecule has 5 nitrogen and oxygen atoms in total. The molecule has 0 radical (unpaired) electrons. The lowest BCUT2D eigenvalue weighted by Gasteiger charge is -2.59. The average Bonchev–Trinajstić information content (AvgIpc) is 2.61. The zero-order chi connectivity index (χ0) is 19.2. The maximum atomic E-state index is 12.4. The summed E-state index contributed by atoms with van der Waals surface area (Å²) in [6, 6.07) is 5.35. The van der Waals surface area contributed by atoms with E-state index in [2.05, 4.69) is 12.2 Å². The van der Waals surface area contributed by atoms with E-state index in [-0.39, 0.29) is 24.0 Å². The number of carbonyl (C=O) groups excluding carboxylic acids is 2. The highest BCUT2D eigenvalue weighted by atomic mass is 16.5. The Morgan fingerprint density at radius 3 is 2.37 bits per heavy atom. The molecular formula is C22H30N2O3. The number of esters is 1. The Kier molecular flexibility index (Phi) is 4.65. The van der Waals surface area contributed by atoms with Crippen molar-refractivity contribution in [3.63, 3.8) is 0 Å². The molecule has 4 aliphatic carbocycles. The third kappa shape index (κ3) is 3.44. The van der Waals surface area contributed by atoms with Gasteiger partial charge in [0.15, 0.2) is 6.61 Å². The molecule has 4 fully saturated rings. The van der Waals surface area contributed by atoms with Crippen molar-refractivity contribution in [1.82, 2.24) is 5.32 Å². The number of nitrogen functional groups attached to an aromatic ring is 1. The van der Waals surface area contributed by atoms with Gasteiger partial charge in [-0.2, -0.15) is 0 Å². The number of hydrogen-bond donors (Lipinski definition) is 2. The number of rotatable bonds is 5. The zero-order valence-corrected chi connectivity index (χ0v) is 16.3. The van der Waals surface area contributed by atoms with Crippen LogP contribution in [0.25, 0.3) is 0 Å². The Morgan fingerprint density at radius 1 is 1.19 bits per heavy atom. The predicted molar refractivity (Wildman–Crippen MR) is 104 cm³/mol. The van der Waals surface area contributed by atoms with E-state index >= 15 is 0 Å². The molecule has 5 rings (SSSR count). The molecule has 4 aliphatic rings. The van der Waals surface area contributed by atoms with E-state index < -0.39 is 5.97 Å². The molecule has 1 amide bonds. The number of para-hydroxylation sites is 1. The van der Waals surface area contributed by atoms with Gasteiger partial charge in [0.1, 0.15) is 0 Å². The molecule has 27 heavy (non-hydrogen) atoms. The Morgan fingerprint density at radius 2 is 1.78 bits per heavy atom. The van der Waals surface area contributed by atoms with Gasteiger partial charge in [-0.05, 0) is 87.2 Å². The highest BCUT2D eigenvalue weighted by Gasteiger charge is 2.53. The first-order chi connectivity index (χ1) is 12.9. The van der Waals surface area contributed by atoms with Crippen molar-refractivity contribution in [3.05, 3.63) is 29.3 Å². The lowest BCUT2D eigenvalue weighted by Crippen LogP contribution is -2.56. The fourth-order valence-electron chi connectivity index (χ4n) is 6.21. The zero-order valence-electron chi connectivity index (χ0n) is 16.3. The van der Waals surface area contributed by atoms with Crippen molar-refractivity contribution in [2.24, 2.45) is 23.2 Å². The second-order valence-electron chi connectivity index (χ2n) is 9.18. The summed E-state index contributed by atoms with van der Waals surface area (Å²) in [5.74, 6) is 1.76. The number of benzene rings is 1. The van der Waals surface area contributed by atoms with Crippen LogP contribution in [0.5, 0.6) is 0 Å². The summed E-state index contributed by atoms with van der Waals surface area (Å²) in [6.45, 7) is 3.71. The molecule has 0 aliphatic heterocycles. The number of nitrogens with two attached hydrogens (primary N) is 1. The molecule has 1 aromatic carbocycles. The number of amides is 1. The van der Waals surface area contributed by atoms with E-state index in [1.807, 2.05) is 13.0 Å². The van der Waals surface area contributed by atoms with Gasteiger partial charge in [-0.3, -0.25) is 4.79 Å². The number of nitrogens with one attached hydrogen (secondary N) is 1. The highest BCUT2D eigenvalue weighted by molar-refractivity contribution is 5.96. The minimum absolute atomic E-state index is 0.126. The molecular weight excluding hydrogens is 340 g/mol. The monoisotopic (exact) mass is 370 g/mol. The van der Waals surface area contributed by atoms with E-state index in [9.17, 15) is 9.59 Å². The van der Waals surface area contributed by atoms with Crippen LogP contribution in [0.15, 0.2) is 18.2 Å². The summed E-state index contributed by atoms with van der Waals surface area (Å²) in [5.41, 5.74) is 7.73. The predicted octanol–water partition coefficient (Wildman–Crippen LogP) is 3.46. The third-order valence-electron chi connectivity index (χ3n) is 7.26. The van der Waals surface area contributed by atoms with Gasteiger partial charge in [-0.1, -0.05) is 12.1 Å². The number of aryl methyl sites for hydroxylation is 1. The SMILES string of the molecule is Cc1cccc(C(=O)OCC(=O)N[C@H](C)C23CC4CC(CC(C4)C2)C3)c1N. The smallest absolute Gasteiger partial charge is 0.340 e. The molecule has 4 bridgehead atoms. The topological polar surface area (TPSA) is 81.4 Å². The molecule has 146 valence electrons. The normalized spacial score (nSPS) is 32.1. The molecule has 0 heterocycles. The van der Waals surface area contributed by atoms with Gasteiger partial charge in [0.2, 0.25) is 0 Å². The van der Waals surface area contributed by atoms with Gasteiger partial charge in [0.05, 0.1) is 5.56 Å². The largest absolute Gasteiger partial charge is 0.452 e. The first-order valence-electron chi connectivity index (χ1n) is 10.2. The van der Waals surface area contributed by atoms with Gasteiger partial charge in [0.25, 0.3) is 5.91 Å². The van der Waals surface area contributed by atoms with Crippen molar-refractivity contribution >= 4 is 17.6 Å². The van der Waals surface area contributed by atoms with E-state index in [0.717, 1.165) is 23.3 Å². The van der Waals surface area contributed by atoms with E-state index in [0.29, 0.717) is 11.3 Å². The van der Waals surface area contributed by atoms with Crippen LogP contribution < -0.4 is 11.1 Å². The van der Waals surface area contributed by atoms with Crippen molar-refractivity contribution in [2.75, 3.05) is 12.3 Å². The number of hydrogen-bond acceptors (Lipinski definition) is 4. The molecule has 1 aromatic rings. The molecule has 0 saturated heterocycles. The van der Waals surface area contributed by atoms with Crippen molar-refractivity contribution in [2.45, 2.75) is 58.4 Å². The quantitative estimate of drug-likeness (QED) is 0.614. The number of anilines is 1. The molecule has 5 heteroatoms. The average molecular weight is 370 g/mol. The lowest BCUT2D eigenvalue weighted by molar-refractivity contribution is -0.128. The Labute approximate surface area is 161 Å². The van der Waals surface area contributed by atoms with E-state index in [4.69, 9.17) is 10.5 Å². The summed E-state index contributed by atoms with van der Waals surface area (Å²) in [5, 5.41) is 3.12. The maximum absolute atomic E-state index is 12.4. The van der Waals surface area contributed by atoms with Crippen LogP contribution >= 0.6 is 0 Å². The second kappa shape index (κ2) is 6.84. The summed E-state index contributed by atoms with van der Waals surface area (Å²) >= 11 is 0. The van der Waals surface area contributed by atoms with Crippen LogP contribution in [0.3, 0.4) is 0 Å². The Balaban J connectivity index is 1.33. The maximum Gasteiger partial charge on any atom is 0.340 e. The van der Waals surface area contributed by atoms with Crippen LogP contribution in [-0.4, -0.2) is 24.5 Å². The third-order valence-corrected chi connectivity index (χ3v) is 7.26. The Bertz CT molecular complexity index is 723. The van der Waals surface area contributed by atoms with Gasteiger partial charge in [-0.25, -0.2) is 4.79 Å². The van der Waals surface area contributed by atoms with Crippen molar-refractivity contribution < 1.29 is 14.3 Å². The fraction of sp³-hybridized carbons (Fsp3) is 0.636. The van der Waals surface area contributed by atoms with Gasteiger partial charge in [-0.15, -0.1) is 0 Å². The van der Waals surface area contributed by atoms with Crippen molar-refractivity contribution in [3.8, 4) is 0 Å². The molecule has 3 N–H and O–H groups in total. The second-order valence-corrected chi connectivity index (χ2v) is 9.18. The minimum atomic E-state index is -0.547. The first-order valence-corrected chi connectivity index (χ1v) is 10.2. The van der Waals surface area contributed by atoms with Crippen LogP contribution in [0.1, 0.15) is 61.4 Å². The van der Waals surface area contributed by atoms with Gasteiger partial charge < -0.3 is 15.8 Å². The summed E-state index contributed by atoms with van der Waals surface area (Å²) < 4.78 is 5.21. The summed E-state index contributed by atoms with van der Waals surface area (Å²) in [4.78, 5) is 24.7. The number of ether oxygens (including phenoxy) is 1. The minimum Gasteiger partial charge on any atom is -0.452 e. The highest BCUT2D eigenvalue weighted by Crippen LogP contribution is 2.61. The van der Waals surface area contributed by atoms with Crippen molar-refractivity contribution in [1.29, 1.82) is 0 Å². The Hall–Kier alpha value is -2.04. The van der Waals surface area contributed by atoms with Crippen LogP contribution in [0.2, 0.25) is 0 Å². The van der Waals surface area contributed by atoms with E-state index in [1.54, 1.807) is 12.1 Å². The fourth-order valence-corrected chi connectivity index (χ4v) is 6.21. The summed E-state index contributed by atoms with van der Waals surface area (Å²) in [6.07, 6.45) is 7.86. The van der Waals surface area contributed by atoms with E-state index in [1.165, 1.54) is 38.5 Å². The molecule has 1 atom stereocenters. The standard InChI is InChI=1S/C22H30N2O3/c1-13-4-3-5-18(20(13)23)21(26)27-12-19(25)24-14(2)22-9-15-6-16(10-22)8-17(7-15)11-22/h3-5,14-17H,6-12,23H2,1-2H3,(H,24,25)/t14-,15?,16?,17?,22?/m1/s1. The lowest BCUT2D eigenvalue weighted by atomic mass is 9.48. The van der Waals surface area contributed by atoms with Crippen LogP contribution in [0.4, 0.5) is 5.69 Å². The van der Waals surface area contributed by atoms with Crippen LogP contribution in [0, 0.1) is 30.1 Å². The molecule has 0 unspecified atom stereocenters. The summed E-state index contributed by atoms with van der Waals surface area (Å²) in [7, 11) is 0. The van der Waals surface area contributed by atoms with Gasteiger partial charge in [0, 0.05) is 11.7 Å². The molecule has 4 saturated carbocycles. The number of carbonyl (C=O) groups is 2. The molecule has 0 spiro atoms.